The number of methoxy groups -OCH3 is 2. The summed E-state index contributed by atoms with van der Waals surface area (Å²) in [6.07, 6.45) is 4.47. The monoisotopic (exact) mass is 398 g/mol. The van der Waals surface area contributed by atoms with Gasteiger partial charge in [0.15, 0.2) is 0 Å². The molecule has 0 spiro atoms. The molecule has 0 bridgehead atoms. The Bertz CT molecular complexity index is 1100. The molecule has 0 aliphatic rings. The van der Waals surface area contributed by atoms with Crippen molar-refractivity contribution in [1.82, 2.24) is 0 Å². The molecule has 0 heterocycles. The molecule has 4 aromatic rings. The van der Waals surface area contributed by atoms with E-state index in [9.17, 15) is 0 Å². The van der Waals surface area contributed by atoms with E-state index >= 15 is 0 Å². The van der Waals surface area contributed by atoms with Gasteiger partial charge in [0, 0.05) is 11.1 Å². The molecule has 0 aliphatic carbocycles. The first-order valence-corrected chi connectivity index (χ1v) is 10.9. The number of ether oxygens (including phenoxy) is 2. The van der Waals surface area contributed by atoms with Crippen LogP contribution in [-0.4, -0.2) is 14.2 Å². The van der Waals surface area contributed by atoms with Gasteiger partial charge in [0.25, 0.3) is 0 Å². The summed E-state index contributed by atoms with van der Waals surface area (Å²) >= 11 is 0. The second-order valence-corrected chi connectivity index (χ2v) is 7.90. The molecule has 2 heteroatoms. The summed E-state index contributed by atoms with van der Waals surface area (Å²) in [5, 5.41) is 4.85. The molecule has 154 valence electrons. The highest BCUT2D eigenvalue weighted by atomic mass is 16.5. The van der Waals surface area contributed by atoms with Crippen LogP contribution in [0.5, 0.6) is 11.5 Å². The van der Waals surface area contributed by atoms with E-state index in [2.05, 4.69) is 74.5 Å². The molecule has 30 heavy (non-hydrogen) atoms. The molecule has 0 saturated carbocycles. The fourth-order valence-corrected chi connectivity index (χ4v) is 4.46. The number of aryl methyl sites for hydroxylation is 2. The quantitative estimate of drug-likeness (QED) is 0.319. The van der Waals surface area contributed by atoms with Crippen molar-refractivity contribution in [3.63, 3.8) is 0 Å². The van der Waals surface area contributed by atoms with Crippen LogP contribution in [0.2, 0.25) is 0 Å². The third kappa shape index (κ3) is 3.63. The van der Waals surface area contributed by atoms with Crippen molar-refractivity contribution < 1.29 is 9.47 Å². The standard InChI is InChI=1S/C28H30O2/c1-5-7-19-9-13-23-21(17-19)11-15-25(29-3)27(23)28-24-14-10-20(8-6-2)18-22(24)12-16-26(28)30-4/h9-18H,5-8H2,1-4H3. The first kappa shape index (κ1) is 20.3. The van der Waals surface area contributed by atoms with Crippen LogP contribution in [0.4, 0.5) is 0 Å². The topological polar surface area (TPSA) is 18.5 Å². The lowest BCUT2D eigenvalue weighted by Gasteiger charge is -2.18. The van der Waals surface area contributed by atoms with Gasteiger partial charge in [-0.15, -0.1) is 0 Å². The Hall–Kier alpha value is -3.00. The van der Waals surface area contributed by atoms with Crippen LogP contribution in [0.1, 0.15) is 37.8 Å². The molecule has 0 radical (unpaired) electrons. The average Bonchev–Trinajstić information content (AvgIpc) is 2.78. The Morgan fingerprint density at radius 2 is 1.00 bits per heavy atom. The molecule has 0 saturated heterocycles. The van der Waals surface area contributed by atoms with E-state index in [0.29, 0.717) is 0 Å². The lowest BCUT2D eigenvalue weighted by atomic mass is 9.90. The van der Waals surface area contributed by atoms with E-state index < -0.39 is 0 Å². The highest BCUT2D eigenvalue weighted by molar-refractivity contribution is 6.10. The largest absolute Gasteiger partial charge is 0.496 e. The van der Waals surface area contributed by atoms with Gasteiger partial charge in [-0.05, 0) is 57.6 Å². The average molecular weight is 399 g/mol. The summed E-state index contributed by atoms with van der Waals surface area (Å²) in [5.74, 6) is 1.74. The summed E-state index contributed by atoms with van der Waals surface area (Å²) in [7, 11) is 3.49. The van der Waals surface area contributed by atoms with E-state index in [4.69, 9.17) is 9.47 Å². The van der Waals surface area contributed by atoms with Crippen molar-refractivity contribution in [1.29, 1.82) is 0 Å². The molecule has 0 atom stereocenters. The van der Waals surface area contributed by atoms with Crippen LogP contribution in [0.3, 0.4) is 0 Å². The van der Waals surface area contributed by atoms with Gasteiger partial charge in [-0.3, -0.25) is 0 Å². The van der Waals surface area contributed by atoms with Crippen molar-refractivity contribution in [2.24, 2.45) is 0 Å². The van der Waals surface area contributed by atoms with E-state index in [-0.39, 0.29) is 0 Å². The molecule has 0 N–H and O–H groups in total. The second-order valence-electron chi connectivity index (χ2n) is 7.90. The highest BCUT2D eigenvalue weighted by Gasteiger charge is 2.18. The van der Waals surface area contributed by atoms with Gasteiger partial charge in [-0.2, -0.15) is 0 Å². The molecule has 0 fully saturated rings. The van der Waals surface area contributed by atoms with Crippen LogP contribution in [-0.2, 0) is 12.8 Å². The molecular formula is C28H30O2. The molecule has 0 aliphatic heterocycles. The van der Waals surface area contributed by atoms with Crippen LogP contribution in [0.25, 0.3) is 32.7 Å². The van der Waals surface area contributed by atoms with E-state index in [0.717, 1.165) is 48.3 Å². The van der Waals surface area contributed by atoms with E-state index in [1.807, 2.05) is 0 Å². The molecular weight excluding hydrogens is 368 g/mol. The van der Waals surface area contributed by atoms with E-state index in [1.54, 1.807) is 14.2 Å². The zero-order valence-electron chi connectivity index (χ0n) is 18.4. The van der Waals surface area contributed by atoms with Gasteiger partial charge >= 0.3 is 0 Å². The number of hydrogen-bond donors (Lipinski definition) is 0. The minimum atomic E-state index is 0.870. The van der Waals surface area contributed by atoms with Gasteiger partial charge in [-0.1, -0.05) is 75.2 Å². The molecule has 0 aromatic heterocycles. The van der Waals surface area contributed by atoms with Gasteiger partial charge in [-0.25, -0.2) is 0 Å². The van der Waals surface area contributed by atoms with Gasteiger partial charge in [0.1, 0.15) is 11.5 Å². The predicted octanol–water partition coefficient (Wildman–Crippen LogP) is 7.58. The molecule has 4 rings (SSSR count). The first-order chi connectivity index (χ1) is 14.7. The molecule has 0 amide bonds. The Kier molecular flexibility index (Phi) is 5.94. The fourth-order valence-electron chi connectivity index (χ4n) is 4.46. The van der Waals surface area contributed by atoms with Gasteiger partial charge in [0.2, 0.25) is 0 Å². The zero-order chi connectivity index (χ0) is 21.1. The lowest BCUT2D eigenvalue weighted by molar-refractivity contribution is 0.411. The molecule has 4 aromatic carbocycles. The Balaban J connectivity index is 2.04. The summed E-state index contributed by atoms with van der Waals surface area (Å²) in [4.78, 5) is 0. The van der Waals surface area contributed by atoms with Crippen LogP contribution >= 0.6 is 0 Å². The second kappa shape index (κ2) is 8.79. The number of fused-ring (bicyclic) bond motifs is 2. The fraction of sp³-hybridized carbons (Fsp3) is 0.286. The van der Waals surface area contributed by atoms with E-state index in [1.165, 1.54) is 32.7 Å². The highest BCUT2D eigenvalue weighted by Crippen LogP contribution is 2.45. The predicted molar refractivity (Wildman–Crippen MR) is 128 cm³/mol. The Labute approximate surface area is 179 Å². The third-order valence-corrected chi connectivity index (χ3v) is 5.86. The van der Waals surface area contributed by atoms with Crippen molar-refractivity contribution in [3.8, 4) is 22.6 Å². The van der Waals surface area contributed by atoms with Gasteiger partial charge in [0.05, 0.1) is 14.2 Å². The Morgan fingerprint density at radius 1 is 0.567 bits per heavy atom. The summed E-state index contributed by atoms with van der Waals surface area (Å²) in [5.41, 5.74) is 4.94. The first-order valence-electron chi connectivity index (χ1n) is 10.9. The summed E-state index contributed by atoms with van der Waals surface area (Å²) < 4.78 is 11.7. The Morgan fingerprint density at radius 3 is 1.37 bits per heavy atom. The number of hydrogen-bond acceptors (Lipinski definition) is 2. The zero-order valence-corrected chi connectivity index (χ0v) is 18.4. The summed E-state index contributed by atoms with van der Waals surface area (Å²) in [6, 6.07) is 22.1. The van der Waals surface area contributed by atoms with Crippen LogP contribution in [0, 0.1) is 0 Å². The minimum absolute atomic E-state index is 0.870. The minimum Gasteiger partial charge on any atom is -0.496 e. The SMILES string of the molecule is CCCc1ccc2c(-c3c(OC)ccc4cc(CCC)ccc34)c(OC)ccc2c1. The molecule has 0 unspecified atom stereocenters. The van der Waals surface area contributed by atoms with Crippen molar-refractivity contribution in [3.05, 3.63) is 71.8 Å². The van der Waals surface area contributed by atoms with Crippen molar-refractivity contribution in [2.75, 3.05) is 14.2 Å². The maximum atomic E-state index is 5.84. The third-order valence-electron chi connectivity index (χ3n) is 5.86. The maximum Gasteiger partial charge on any atom is 0.127 e. The normalized spacial score (nSPS) is 11.2. The smallest absolute Gasteiger partial charge is 0.127 e. The lowest BCUT2D eigenvalue weighted by Crippen LogP contribution is -1.96. The maximum absolute atomic E-state index is 5.84. The van der Waals surface area contributed by atoms with Crippen molar-refractivity contribution in [2.45, 2.75) is 39.5 Å². The van der Waals surface area contributed by atoms with Gasteiger partial charge < -0.3 is 9.47 Å². The number of benzene rings is 4. The van der Waals surface area contributed by atoms with Crippen LogP contribution < -0.4 is 9.47 Å². The van der Waals surface area contributed by atoms with Crippen molar-refractivity contribution >= 4 is 21.5 Å². The molecule has 2 nitrogen and oxygen atoms in total. The van der Waals surface area contributed by atoms with Crippen LogP contribution in [0.15, 0.2) is 60.7 Å². The summed E-state index contributed by atoms with van der Waals surface area (Å²) in [6.45, 7) is 4.44. The number of rotatable bonds is 7.